The molecule has 2 aromatic rings. The van der Waals surface area contributed by atoms with Gasteiger partial charge in [0.15, 0.2) is 0 Å². The second-order valence-electron chi connectivity index (χ2n) is 5.17. The fourth-order valence-corrected chi connectivity index (χ4v) is 2.49. The lowest BCUT2D eigenvalue weighted by Gasteiger charge is -2.10. The number of benzene rings is 2. The van der Waals surface area contributed by atoms with Crippen molar-refractivity contribution in [2.24, 2.45) is 0 Å². The maximum atomic E-state index is 11.6. The zero-order valence-electron chi connectivity index (χ0n) is 12.5. The van der Waals surface area contributed by atoms with E-state index in [1.54, 1.807) is 48.5 Å². The van der Waals surface area contributed by atoms with Crippen molar-refractivity contribution in [3.63, 3.8) is 0 Å². The zero-order valence-corrected chi connectivity index (χ0v) is 14.0. The molecule has 0 aliphatic carbocycles. The zero-order chi connectivity index (χ0) is 17.7. The number of aliphatic carboxylic acids is 2. The van der Waals surface area contributed by atoms with E-state index in [4.69, 9.17) is 23.2 Å². The van der Waals surface area contributed by atoms with Crippen LogP contribution < -0.4 is 0 Å². The minimum Gasteiger partial charge on any atom is -0.478 e. The van der Waals surface area contributed by atoms with Gasteiger partial charge in [-0.1, -0.05) is 47.5 Å². The van der Waals surface area contributed by atoms with Gasteiger partial charge in [-0.2, -0.15) is 0 Å². The summed E-state index contributed by atoms with van der Waals surface area (Å²) in [5, 5.41) is 20.0. The van der Waals surface area contributed by atoms with Gasteiger partial charge in [-0.25, -0.2) is 9.59 Å². The van der Waals surface area contributed by atoms with Crippen LogP contribution >= 0.6 is 23.2 Å². The molecule has 0 saturated carbocycles. The topological polar surface area (TPSA) is 74.6 Å². The lowest BCUT2D eigenvalue weighted by molar-refractivity contribution is -0.136. The molecule has 0 aliphatic rings. The van der Waals surface area contributed by atoms with Crippen LogP contribution in [0.25, 0.3) is 0 Å². The molecule has 0 radical (unpaired) electrons. The molecule has 2 rings (SSSR count). The summed E-state index contributed by atoms with van der Waals surface area (Å²) in [6.07, 6.45) is 0.00342. The first-order chi connectivity index (χ1) is 11.4. The summed E-state index contributed by atoms with van der Waals surface area (Å²) in [5.74, 6) is -2.51. The lowest BCUT2D eigenvalue weighted by atomic mass is 9.95. The van der Waals surface area contributed by atoms with E-state index in [-0.39, 0.29) is 24.0 Å². The second kappa shape index (κ2) is 7.99. The molecular weight excluding hydrogens is 351 g/mol. The van der Waals surface area contributed by atoms with Crippen molar-refractivity contribution in [1.82, 2.24) is 0 Å². The molecular formula is C18H14Cl2O4. The number of halogens is 2. The van der Waals surface area contributed by atoms with Gasteiger partial charge in [0.05, 0.1) is 11.1 Å². The summed E-state index contributed by atoms with van der Waals surface area (Å²) in [6.45, 7) is 0. The Kier molecular flexibility index (Phi) is 6.01. The molecule has 0 heterocycles. The molecule has 24 heavy (non-hydrogen) atoms. The second-order valence-corrected chi connectivity index (χ2v) is 6.05. The molecule has 0 amide bonds. The Morgan fingerprint density at radius 3 is 1.21 bits per heavy atom. The molecule has 0 aromatic heterocycles. The lowest BCUT2D eigenvalue weighted by Crippen LogP contribution is -2.15. The van der Waals surface area contributed by atoms with Gasteiger partial charge in [-0.15, -0.1) is 0 Å². The molecule has 0 unspecified atom stereocenters. The van der Waals surface area contributed by atoms with Crippen molar-refractivity contribution in [3.8, 4) is 0 Å². The standard InChI is InChI=1S/C18H14Cl2O4/c19-13-5-1-11(2-6-13)9-15(17(21)22)16(18(23)24)10-12-3-7-14(20)8-4-12/h1-8H,9-10H2,(H,21,22)(H,23,24). The van der Waals surface area contributed by atoms with Gasteiger partial charge < -0.3 is 10.2 Å². The molecule has 6 heteroatoms. The minimum absolute atomic E-state index is 0.00171. The summed E-state index contributed by atoms with van der Waals surface area (Å²) >= 11 is 11.6. The highest BCUT2D eigenvalue weighted by Crippen LogP contribution is 2.20. The Labute approximate surface area is 149 Å². The first-order valence-electron chi connectivity index (χ1n) is 7.04. The third-order valence-corrected chi connectivity index (χ3v) is 3.97. The van der Waals surface area contributed by atoms with Crippen LogP contribution in [0.2, 0.25) is 10.0 Å². The highest BCUT2D eigenvalue weighted by Gasteiger charge is 2.21. The molecule has 0 atom stereocenters. The minimum atomic E-state index is -1.25. The monoisotopic (exact) mass is 364 g/mol. The molecule has 2 aromatic carbocycles. The van der Waals surface area contributed by atoms with Crippen LogP contribution in [0.1, 0.15) is 11.1 Å². The highest BCUT2D eigenvalue weighted by atomic mass is 35.5. The van der Waals surface area contributed by atoms with Crippen LogP contribution in [0.3, 0.4) is 0 Å². The van der Waals surface area contributed by atoms with E-state index >= 15 is 0 Å². The smallest absolute Gasteiger partial charge is 0.332 e. The Morgan fingerprint density at radius 1 is 0.667 bits per heavy atom. The number of rotatable bonds is 6. The predicted octanol–water partition coefficient (Wildman–Crippen LogP) is 4.24. The maximum Gasteiger partial charge on any atom is 0.332 e. The SMILES string of the molecule is O=C(O)C(Cc1ccc(Cl)cc1)=C(Cc1ccc(Cl)cc1)C(=O)O. The van der Waals surface area contributed by atoms with Crippen molar-refractivity contribution in [2.45, 2.75) is 12.8 Å². The predicted molar refractivity (Wildman–Crippen MR) is 92.6 cm³/mol. The normalized spacial score (nSPS) is 11.8. The number of carbonyl (C=O) groups is 2. The summed E-state index contributed by atoms with van der Waals surface area (Å²) in [6, 6.07) is 13.2. The van der Waals surface area contributed by atoms with Crippen LogP contribution in [0, 0.1) is 0 Å². The maximum absolute atomic E-state index is 11.6. The van der Waals surface area contributed by atoms with E-state index in [1.165, 1.54) is 0 Å². The fraction of sp³-hybridized carbons (Fsp3) is 0.111. The van der Waals surface area contributed by atoms with Gasteiger partial charge in [0.2, 0.25) is 0 Å². The summed E-state index contributed by atoms with van der Waals surface area (Å²) in [4.78, 5) is 23.2. The third-order valence-electron chi connectivity index (χ3n) is 3.47. The van der Waals surface area contributed by atoms with Crippen molar-refractivity contribution < 1.29 is 19.8 Å². The van der Waals surface area contributed by atoms with Crippen molar-refractivity contribution in [2.75, 3.05) is 0 Å². The molecule has 4 nitrogen and oxygen atoms in total. The Hall–Kier alpha value is -2.30. The van der Waals surface area contributed by atoms with E-state index in [9.17, 15) is 19.8 Å². The number of carboxylic acid groups (broad SMARTS) is 2. The average molecular weight is 365 g/mol. The fourth-order valence-electron chi connectivity index (χ4n) is 2.24. The van der Waals surface area contributed by atoms with E-state index in [2.05, 4.69) is 0 Å². The van der Waals surface area contributed by atoms with Crippen LogP contribution in [-0.4, -0.2) is 22.2 Å². The quantitative estimate of drug-likeness (QED) is 0.751. The van der Waals surface area contributed by atoms with Crippen LogP contribution in [0.5, 0.6) is 0 Å². The van der Waals surface area contributed by atoms with Gasteiger partial charge in [0.25, 0.3) is 0 Å². The number of hydrogen-bond donors (Lipinski definition) is 2. The van der Waals surface area contributed by atoms with Crippen molar-refractivity contribution in [1.29, 1.82) is 0 Å². The van der Waals surface area contributed by atoms with Gasteiger partial charge in [-0.05, 0) is 35.4 Å². The molecule has 0 bridgehead atoms. The Bertz CT molecular complexity index is 710. The summed E-state index contributed by atoms with van der Waals surface area (Å²) in [7, 11) is 0. The highest BCUT2D eigenvalue weighted by molar-refractivity contribution is 6.30. The van der Waals surface area contributed by atoms with E-state index in [0.29, 0.717) is 21.2 Å². The first kappa shape index (κ1) is 18.0. The average Bonchev–Trinajstić information content (AvgIpc) is 2.54. The Morgan fingerprint density at radius 2 is 0.958 bits per heavy atom. The van der Waals surface area contributed by atoms with Gasteiger partial charge in [0, 0.05) is 22.9 Å². The van der Waals surface area contributed by atoms with E-state index in [0.717, 1.165) is 0 Å². The molecule has 0 aliphatic heterocycles. The largest absolute Gasteiger partial charge is 0.478 e. The van der Waals surface area contributed by atoms with Crippen LogP contribution in [0.4, 0.5) is 0 Å². The molecule has 2 N–H and O–H groups in total. The Balaban J connectivity index is 2.39. The molecule has 0 saturated heterocycles. The number of carboxylic acids is 2. The molecule has 0 spiro atoms. The molecule has 0 fully saturated rings. The van der Waals surface area contributed by atoms with Gasteiger partial charge >= 0.3 is 11.9 Å². The van der Waals surface area contributed by atoms with E-state index < -0.39 is 11.9 Å². The first-order valence-corrected chi connectivity index (χ1v) is 7.80. The van der Waals surface area contributed by atoms with Gasteiger partial charge in [-0.3, -0.25) is 0 Å². The third kappa shape index (κ3) is 4.85. The summed E-state index contributed by atoms with van der Waals surface area (Å²) < 4.78 is 0. The van der Waals surface area contributed by atoms with Crippen LogP contribution in [-0.2, 0) is 22.4 Å². The summed E-state index contributed by atoms with van der Waals surface area (Å²) in [5.41, 5.74) is 1.04. The van der Waals surface area contributed by atoms with E-state index in [1.807, 2.05) is 0 Å². The van der Waals surface area contributed by atoms with Gasteiger partial charge in [0.1, 0.15) is 0 Å². The molecule has 124 valence electrons. The number of hydrogen-bond acceptors (Lipinski definition) is 2. The van der Waals surface area contributed by atoms with Crippen molar-refractivity contribution in [3.05, 3.63) is 80.8 Å². The van der Waals surface area contributed by atoms with Crippen LogP contribution in [0.15, 0.2) is 59.7 Å². The van der Waals surface area contributed by atoms with Crippen molar-refractivity contribution >= 4 is 35.1 Å².